The summed E-state index contributed by atoms with van der Waals surface area (Å²) in [5.41, 5.74) is 7.00. The number of carboxylic acid groups (broad SMARTS) is 1. The lowest BCUT2D eigenvalue weighted by Crippen LogP contribution is -2.47. The van der Waals surface area contributed by atoms with Crippen LogP contribution in [0.4, 0.5) is 5.69 Å². The van der Waals surface area contributed by atoms with Gasteiger partial charge in [-0.25, -0.2) is 4.85 Å². The molecule has 0 bridgehead atoms. The first kappa shape index (κ1) is 29.5. The number of carboxylic acids is 1. The Hall–Kier alpha value is -5.18. The van der Waals surface area contributed by atoms with Crippen LogP contribution in [0.5, 0.6) is 11.5 Å². The first-order valence-corrected chi connectivity index (χ1v) is 15.8. The molecule has 0 amide bonds. The molecule has 1 aromatic heterocycles. The van der Waals surface area contributed by atoms with Crippen LogP contribution < -0.4 is 9.47 Å². The summed E-state index contributed by atoms with van der Waals surface area (Å²) in [5.74, 6) is 0.849. The molecule has 46 heavy (non-hydrogen) atoms. The zero-order chi connectivity index (χ0) is 31.7. The molecular weight excluding hydrogens is 576 g/mol. The smallest absolute Gasteiger partial charge is 0.324 e. The molecule has 230 valence electrons. The van der Waals surface area contributed by atoms with Gasteiger partial charge in [-0.05, 0) is 84.9 Å². The summed E-state index contributed by atoms with van der Waals surface area (Å²) in [6.45, 7) is 9.04. The number of ether oxygens (including phenoxy) is 2. The second kappa shape index (κ2) is 12.3. The Balaban J connectivity index is 1.23. The van der Waals surface area contributed by atoms with Gasteiger partial charge < -0.3 is 14.6 Å². The number of likely N-dealkylation sites (tertiary alicyclic amines) is 1. The van der Waals surface area contributed by atoms with Gasteiger partial charge in [0.1, 0.15) is 36.3 Å². The first-order chi connectivity index (χ1) is 22.5. The Morgan fingerprint density at radius 1 is 1.04 bits per heavy atom. The maximum atomic E-state index is 12.5. The van der Waals surface area contributed by atoms with Crippen LogP contribution in [0.1, 0.15) is 59.1 Å². The van der Waals surface area contributed by atoms with E-state index in [0.29, 0.717) is 30.0 Å². The van der Waals surface area contributed by atoms with Crippen LogP contribution in [0.25, 0.3) is 16.0 Å². The van der Waals surface area contributed by atoms with Crippen LogP contribution in [0.2, 0.25) is 0 Å². The zero-order valence-electron chi connectivity index (χ0n) is 25.5. The van der Waals surface area contributed by atoms with E-state index >= 15 is 0 Å². The number of rotatable bonds is 10. The highest BCUT2D eigenvalue weighted by Gasteiger charge is 2.65. The molecule has 3 aromatic carbocycles. The highest BCUT2D eigenvalue weighted by molar-refractivity contribution is 5.83. The predicted octanol–water partition coefficient (Wildman–Crippen LogP) is 7.26. The molecule has 1 saturated carbocycles. The molecule has 2 atom stereocenters. The number of nitrogens with zero attached hydrogens (tertiary/aromatic N) is 4. The number of aliphatic carboxylic acids is 1. The summed E-state index contributed by atoms with van der Waals surface area (Å²) in [7, 11) is 0. The van der Waals surface area contributed by atoms with Gasteiger partial charge in [-0.1, -0.05) is 48.5 Å². The predicted molar refractivity (Wildman–Crippen MR) is 172 cm³/mol. The molecule has 1 aliphatic heterocycles. The van der Waals surface area contributed by atoms with Crippen molar-refractivity contribution in [3.05, 3.63) is 118 Å². The lowest BCUT2D eigenvalue weighted by Gasteiger charge is -2.34. The lowest BCUT2D eigenvalue weighted by atomic mass is 9.96. The van der Waals surface area contributed by atoms with Gasteiger partial charge in [-0.15, -0.1) is 0 Å². The molecule has 2 fully saturated rings. The number of hydrogen-bond acceptors (Lipinski definition) is 6. The molecule has 0 radical (unpaired) electrons. The van der Waals surface area contributed by atoms with Crippen molar-refractivity contribution in [2.75, 3.05) is 6.54 Å². The van der Waals surface area contributed by atoms with Crippen LogP contribution in [-0.2, 0) is 37.4 Å². The maximum Gasteiger partial charge on any atom is 0.324 e. The first-order valence-electron chi connectivity index (χ1n) is 15.8. The number of carbonyl (C=O) groups is 1. The fourth-order valence-electron chi connectivity index (χ4n) is 7.44. The number of hydrogen-bond donors (Lipinski definition) is 1. The van der Waals surface area contributed by atoms with Gasteiger partial charge in [0.25, 0.3) is 0 Å². The van der Waals surface area contributed by atoms with Crippen molar-refractivity contribution in [2.45, 2.75) is 63.8 Å². The minimum absolute atomic E-state index is 0.196. The Morgan fingerprint density at radius 3 is 2.67 bits per heavy atom. The van der Waals surface area contributed by atoms with Crippen molar-refractivity contribution in [3.8, 4) is 28.7 Å². The van der Waals surface area contributed by atoms with E-state index in [2.05, 4.69) is 20.8 Å². The molecule has 3 aliphatic rings. The molecular formula is C38H34N4O4. The van der Waals surface area contributed by atoms with Gasteiger partial charge in [-0.2, -0.15) is 5.26 Å². The van der Waals surface area contributed by atoms with E-state index < -0.39 is 11.5 Å². The largest absolute Gasteiger partial charge is 0.488 e. The van der Waals surface area contributed by atoms with E-state index in [0.717, 1.165) is 77.8 Å². The number of fused-ring (bicyclic) bond motifs is 2. The third-order valence-electron chi connectivity index (χ3n) is 9.81. The lowest BCUT2D eigenvalue weighted by molar-refractivity contribution is -0.147. The van der Waals surface area contributed by atoms with Gasteiger partial charge in [0.05, 0.1) is 12.1 Å². The topological polar surface area (TPSA) is 100 Å². The van der Waals surface area contributed by atoms with Crippen molar-refractivity contribution in [3.63, 3.8) is 0 Å². The van der Waals surface area contributed by atoms with Gasteiger partial charge >= 0.3 is 5.97 Å². The van der Waals surface area contributed by atoms with E-state index in [1.165, 1.54) is 11.8 Å². The summed E-state index contributed by atoms with van der Waals surface area (Å²) in [6, 6.07) is 21.9. The molecule has 0 unspecified atom stereocenters. The minimum Gasteiger partial charge on any atom is -0.488 e. The van der Waals surface area contributed by atoms with Crippen molar-refractivity contribution in [1.29, 1.82) is 5.26 Å². The molecule has 2 aliphatic carbocycles. The Kier molecular flexibility index (Phi) is 7.90. The van der Waals surface area contributed by atoms with Gasteiger partial charge in [-0.3, -0.25) is 14.7 Å². The average Bonchev–Trinajstić information content (AvgIpc) is 3.67. The molecule has 2 heterocycles. The molecule has 1 N–H and O–H groups in total. The van der Waals surface area contributed by atoms with Crippen molar-refractivity contribution in [1.82, 2.24) is 9.88 Å². The molecule has 8 nitrogen and oxygen atoms in total. The van der Waals surface area contributed by atoms with Crippen LogP contribution in [0, 0.1) is 23.8 Å². The highest BCUT2D eigenvalue weighted by atomic mass is 16.5. The van der Waals surface area contributed by atoms with Crippen LogP contribution in [0.3, 0.4) is 0 Å². The fourth-order valence-corrected chi connectivity index (χ4v) is 7.44. The Bertz CT molecular complexity index is 1890. The highest BCUT2D eigenvalue weighted by Crippen LogP contribution is 2.55. The number of aromatic nitrogens is 1. The van der Waals surface area contributed by atoms with E-state index in [1.807, 2.05) is 54.6 Å². The van der Waals surface area contributed by atoms with Gasteiger partial charge in [0, 0.05) is 36.1 Å². The zero-order valence-corrected chi connectivity index (χ0v) is 25.5. The number of benzene rings is 3. The standard InChI is InChI=1S/C38H34N4O4/c1-40-29-16-25(20-41-21-29)23-45-36-17-35(46-24-27-10-5-12-30(33(27)19-39)26-8-3-2-4-9-26)32-14-6-13-31(32)34(36)22-42-15-7-11-28-18-38(28,42)37(43)44/h2-5,8-10,12,16-17,20-21,28H,6-7,11,13-15,18,22-24H2,(H,43,44)/t28-,38+/m1/s1. The summed E-state index contributed by atoms with van der Waals surface area (Å²) in [5, 5.41) is 20.4. The number of pyridine rings is 1. The van der Waals surface area contributed by atoms with Crippen molar-refractivity contribution >= 4 is 11.7 Å². The Labute approximate surface area is 268 Å². The van der Waals surface area contributed by atoms with Gasteiger partial charge in [0.15, 0.2) is 0 Å². The number of piperidine rings is 1. The molecule has 0 spiro atoms. The van der Waals surface area contributed by atoms with Crippen LogP contribution >= 0.6 is 0 Å². The third kappa shape index (κ3) is 5.36. The fraction of sp³-hybridized carbons (Fsp3) is 0.316. The SMILES string of the molecule is [C-]#[N+]c1cncc(COc2cc(OCc3cccc(-c4ccccc4)c3C#N)c3c(c2CN2CCC[C@@H]4C[C@@]42C(=O)O)CCC3)c1. The second-order valence-corrected chi connectivity index (χ2v) is 12.4. The van der Waals surface area contributed by atoms with E-state index in [9.17, 15) is 15.2 Å². The summed E-state index contributed by atoms with van der Waals surface area (Å²) < 4.78 is 13.0. The second-order valence-electron chi connectivity index (χ2n) is 12.4. The van der Waals surface area contributed by atoms with E-state index in [1.54, 1.807) is 12.3 Å². The average molecular weight is 611 g/mol. The minimum atomic E-state index is -0.790. The van der Waals surface area contributed by atoms with E-state index in [4.69, 9.17) is 16.0 Å². The molecule has 7 rings (SSSR count). The van der Waals surface area contributed by atoms with E-state index in [-0.39, 0.29) is 19.1 Å². The summed E-state index contributed by atoms with van der Waals surface area (Å²) >= 11 is 0. The van der Waals surface area contributed by atoms with Crippen LogP contribution in [0.15, 0.2) is 73.1 Å². The Morgan fingerprint density at radius 2 is 1.87 bits per heavy atom. The van der Waals surface area contributed by atoms with Crippen molar-refractivity contribution in [2.24, 2.45) is 5.92 Å². The monoisotopic (exact) mass is 610 g/mol. The molecule has 4 aromatic rings. The summed E-state index contributed by atoms with van der Waals surface area (Å²) in [4.78, 5) is 22.3. The normalized spacial score (nSPS) is 19.7. The maximum absolute atomic E-state index is 12.5. The molecule has 8 heteroatoms. The number of nitriles is 1. The molecule has 1 saturated heterocycles. The summed E-state index contributed by atoms with van der Waals surface area (Å²) in [6.07, 6.45) is 8.54. The van der Waals surface area contributed by atoms with Gasteiger partial charge in [0.2, 0.25) is 5.69 Å². The van der Waals surface area contributed by atoms with Crippen LogP contribution in [-0.4, -0.2) is 33.0 Å². The van der Waals surface area contributed by atoms with Crippen molar-refractivity contribution < 1.29 is 19.4 Å². The third-order valence-corrected chi connectivity index (χ3v) is 9.81. The quantitative estimate of drug-likeness (QED) is 0.189.